The van der Waals surface area contributed by atoms with Crippen LogP contribution in [-0.2, 0) is 4.79 Å². The summed E-state index contributed by atoms with van der Waals surface area (Å²) in [5, 5.41) is 11.0. The van der Waals surface area contributed by atoms with Crippen LogP contribution in [0.5, 0.6) is 11.5 Å². The van der Waals surface area contributed by atoms with Crippen LogP contribution in [0.4, 0.5) is 6.01 Å². The first-order valence-electron chi connectivity index (χ1n) is 7.58. The number of ether oxygens (including phenoxy) is 2. The average Bonchev–Trinajstić information content (AvgIpc) is 3.09. The molecule has 26 heavy (non-hydrogen) atoms. The summed E-state index contributed by atoms with van der Waals surface area (Å²) < 4.78 is 16.6. The normalized spacial score (nSPS) is 15.5. The number of aromatic nitrogens is 2. The molecule has 2 aromatic carbocycles. The molecular weight excluding hydrogens is 381 g/mol. The number of anilines is 1. The Morgan fingerprint density at radius 1 is 1.12 bits per heavy atom. The van der Waals surface area contributed by atoms with Gasteiger partial charge in [-0.05, 0) is 30.3 Å². The molecule has 1 aromatic heterocycles. The Balaban J connectivity index is 1.47. The number of hydrogen-bond donors (Lipinski definition) is 1. The van der Waals surface area contributed by atoms with Gasteiger partial charge in [0.15, 0.2) is 11.5 Å². The van der Waals surface area contributed by atoms with E-state index >= 15 is 0 Å². The summed E-state index contributed by atoms with van der Waals surface area (Å²) in [7, 11) is 0. The molecule has 1 aliphatic heterocycles. The molecule has 2 heterocycles. The molecule has 1 N–H and O–H groups in total. The van der Waals surface area contributed by atoms with Crippen molar-refractivity contribution in [1.29, 1.82) is 0 Å². The number of halogens is 2. The van der Waals surface area contributed by atoms with Crippen molar-refractivity contribution in [3.8, 4) is 23.0 Å². The number of hydrogen-bond acceptors (Lipinski definition) is 6. The van der Waals surface area contributed by atoms with E-state index in [1.807, 2.05) is 6.07 Å². The minimum absolute atomic E-state index is 0.0709. The minimum Gasteiger partial charge on any atom is -0.485 e. The third-order valence-electron chi connectivity index (χ3n) is 3.62. The molecule has 1 aliphatic rings. The predicted octanol–water partition coefficient (Wildman–Crippen LogP) is 3.82. The fraction of sp³-hybridized carbons (Fsp3) is 0.118. The van der Waals surface area contributed by atoms with Crippen LogP contribution in [0.1, 0.15) is 0 Å². The number of amides is 1. The third-order valence-corrected chi connectivity index (χ3v) is 4.17. The fourth-order valence-electron chi connectivity index (χ4n) is 2.38. The van der Waals surface area contributed by atoms with Gasteiger partial charge in [0.2, 0.25) is 6.10 Å². The van der Waals surface area contributed by atoms with Crippen molar-refractivity contribution in [3.05, 3.63) is 52.5 Å². The number of carbonyl (C=O) groups excluding carboxylic acids is 1. The molecule has 1 atom stereocenters. The van der Waals surface area contributed by atoms with E-state index in [4.69, 9.17) is 37.1 Å². The molecule has 0 aliphatic carbocycles. The summed E-state index contributed by atoms with van der Waals surface area (Å²) >= 11 is 12.0. The van der Waals surface area contributed by atoms with Crippen LogP contribution in [0.15, 0.2) is 46.9 Å². The Labute approximate surface area is 157 Å². The van der Waals surface area contributed by atoms with Gasteiger partial charge in [-0.2, -0.15) is 0 Å². The van der Waals surface area contributed by atoms with Crippen molar-refractivity contribution in [2.45, 2.75) is 6.10 Å². The summed E-state index contributed by atoms with van der Waals surface area (Å²) in [5.74, 6) is 0.789. The lowest BCUT2D eigenvalue weighted by molar-refractivity contribution is -0.125. The molecule has 132 valence electrons. The van der Waals surface area contributed by atoms with Crippen LogP contribution in [0.3, 0.4) is 0 Å². The summed E-state index contributed by atoms with van der Waals surface area (Å²) in [6.07, 6.45) is -0.834. The van der Waals surface area contributed by atoms with E-state index in [1.165, 1.54) is 0 Å². The number of benzene rings is 2. The molecular formula is C17H11Cl2N3O4. The van der Waals surface area contributed by atoms with Gasteiger partial charge >= 0.3 is 6.01 Å². The molecule has 0 radical (unpaired) electrons. The number of nitrogens with one attached hydrogen (secondary N) is 1. The van der Waals surface area contributed by atoms with Crippen LogP contribution in [0.2, 0.25) is 10.0 Å². The van der Waals surface area contributed by atoms with Gasteiger partial charge in [-0.3, -0.25) is 10.1 Å². The largest absolute Gasteiger partial charge is 0.485 e. The van der Waals surface area contributed by atoms with Crippen molar-refractivity contribution in [1.82, 2.24) is 10.2 Å². The molecule has 7 nitrogen and oxygen atoms in total. The Hall–Kier alpha value is -2.77. The highest BCUT2D eigenvalue weighted by Gasteiger charge is 2.28. The molecule has 0 saturated carbocycles. The van der Waals surface area contributed by atoms with Gasteiger partial charge in [0, 0.05) is 5.02 Å². The molecule has 0 spiro atoms. The zero-order chi connectivity index (χ0) is 18.1. The maximum atomic E-state index is 12.3. The van der Waals surface area contributed by atoms with Gasteiger partial charge in [-0.25, -0.2) is 0 Å². The van der Waals surface area contributed by atoms with Gasteiger partial charge in [-0.1, -0.05) is 40.4 Å². The maximum absolute atomic E-state index is 12.3. The quantitative estimate of drug-likeness (QED) is 0.729. The highest BCUT2D eigenvalue weighted by atomic mass is 35.5. The molecule has 0 fully saturated rings. The van der Waals surface area contributed by atoms with E-state index in [0.717, 1.165) is 0 Å². The SMILES string of the molecule is O=C(Nc1nnc(-c2ccc(Cl)cc2Cl)o1)C1COc2ccccc2O1. The highest BCUT2D eigenvalue weighted by molar-refractivity contribution is 6.36. The lowest BCUT2D eigenvalue weighted by Crippen LogP contribution is -2.40. The average molecular weight is 392 g/mol. The molecule has 1 amide bonds. The zero-order valence-corrected chi connectivity index (χ0v) is 14.6. The van der Waals surface area contributed by atoms with Crippen LogP contribution in [0.25, 0.3) is 11.5 Å². The number of carbonyl (C=O) groups is 1. The summed E-state index contributed by atoms with van der Waals surface area (Å²) in [4.78, 5) is 12.3. The van der Waals surface area contributed by atoms with E-state index in [2.05, 4.69) is 15.5 Å². The maximum Gasteiger partial charge on any atom is 0.322 e. The Morgan fingerprint density at radius 2 is 1.92 bits per heavy atom. The van der Waals surface area contributed by atoms with Crippen LogP contribution in [0, 0.1) is 0 Å². The van der Waals surface area contributed by atoms with E-state index in [1.54, 1.807) is 36.4 Å². The Morgan fingerprint density at radius 3 is 2.73 bits per heavy atom. The number of rotatable bonds is 3. The molecule has 1 unspecified atom stereocenters. The Kier molecular flexibility index (Phi) is 4.40. The number of fused-ring (bicyclic) bond motifs is 1. The van der Waals surface area contributed by atoms with Crippen molar-refractivity contribution in [2.24, 2.45) is 0 Å². The lowest BCUT2D eigenvalue weighted by atomic mass is 10.2. The van der Waals surface area contributed by atoms with Gasteiger partial charge in [0.1, 0.15) is 6.61 Å². The van der Waals surface area contributed by atoms with E-state index < -0.39 is 12.0 Å². The van der Waals surface area contributed by atoms with Gasteiger partial charge in [0.05, 0.1) is 10.6 Å². The van der Waals surface area contributed by atoms with Gasteiger partial charge in [-0.15, -0.1) is 5.10 Å². The van der Waals surface area contributed by atoms with E-state index in [9.17, 15) is 4.79 Å². The molecule has 9 heteroatoms. The van der Waals surface area contributed by atoms with Crippen LogP contribution >= 0.6 is 23.2 Å². The molecule has 3 aromatic rings. The standard InChI is InChI=1S/C17H11Cl2N3O4/c18-9-5-6-10(11(19)7-9)16-21-22-17(26-16)20-15(23)14-8-24-12-3-1-2-4-13(12)25-14/h1-7,14H,8H2,(H,20,22,23). The van der Waals surface area contributed by atoms with E-state index in [-0.39, 0.29) is 18.5 Å². The van der Waals surface area contributed by atoms with E-state index in [0.29, 0.717) is 27.1 Å². The summed E-state index contributed by atoms with van der Waals surface area (Å²) in [6.45, 7) is 0.0762. The minimum atomic E-state index is -0.834. The van der Waals surface area contributed by atoms with Gasteiger partial charge < -0.3 is 13.9 Å². The summed E-state index contributed by atoms with van der Waals surface area (Å²) in [6, 6.07) is 11.9. The molecule has 0 saturated heterocycles. The molecule has 4 rings (SSSR count). The Bertz CT molecular complexity index is 976. The van der Waals surface area contributed by atoms with Crippen LogP contribution in [-0.4, -0.2) is 28.8 Å². The highest BCUT2D eigenvalue weighted by Crippen LogP contribution is 2.32. The summed E-state index contributed by atoms with van der Waals surface area (Å²) in [5.41, 5.74) is 0.509. The molecule has 0 bridgehead atoms. The lowest BCUT2D eigenvalue weighted by Gasteiger charge is -2.24. The van der Waals surface area contributed by atoms with Crippen molar-refractivity contribution in [3.63, 3.8) is 0 Å². The van der Waals surface area contributed by atoms with Crippen LogP contribution < -0.4 is 14.8 Å². The van der Waals surface area contributed by atoms with Crippen molar-refractivity contribution >= 4 is 35.1 Å². The van der Waals surface area contributed by atoms with Crippen molar-refractivity contribution < 1.29 is 18.7 Å². The first-order valence-corrected chi connectivity index (χ1v) is 8.34. The smallest absolute Gasteiger partial charge is 0.322 e. The fourth-order valence-corrected chi connectivity index (χ4v) is 2.87. The predicted molar refractivity (Wildman–Crippen MR) is 94.7 cm³/mol. The number of nitrogens with zero attached hydrogens (tertiary/aromatic N) is 2. The van der Waals surface area contributed by atoms with Crippen molar-refractivity contribution in [2.75, 3.05) is 11.9 Å². The first kappa shape index (κ1) is 16.7. The third kappa shape index (κ3) is 3.31. The monoisotopic (exact) mass is 391 g/mol. The second-order valence-corrected chi connectivity index (χ2v) is 6.23. The second kappa shape index (κ2) is 6.86. The first-order chi connectivity index (χ1) is 12.6. The second-order valence-electron chi connectivity index (χ2n) is 5.39. The van der Waals surface area contributed by atoms with Gasteiger partial charge in [0.25, 0.3) is 11.8 Å². The number of para-hydroxylation sites is 2. The topological polar surface area (TPSA) is 86.5 Å². The zero-order valence-electron chi connectivity index (χ0n) is 13.1.